The van der Waals surface area contributed by atoms with E-state index in [-0.39, 0.29) is 30.7 Å². The summed E-state index contributed by atoms with van der Waals surface area (Å²) in [5.41, 5.74) is 9.58. The predicted molar refractivity (Wildman–Crippen MR) is 92.9 cm³/mol. The lowest BCUT2D eigenvalue weighted by molar-refractivity contribution is -0.132. The van der Waals surface area contributed by atoms with Gasteiger partial charge in [0.25, 0.3) is 0 Å². The van der Waals surface area contributed by atoms with Crippen LogP contribution in [0.3, 0.4) is 0 Å². The van der Waals surface area contributed by atoms with Crippen LogP contribution in [0.15, 0.2) is 18.2 Å². The molecule has 0 aliphatic carbocycles. The number of carbonyl (C=O) groups is 1. The summed E-state index contributed by atoms with van der Waals surface area (Å²) in [5, 5.41) is 0. The number of hydrogen-bond acceptors (Lipinski definition) is 3. The van der Waals surface area contributed by atoms with E-state index in [0.717, 1.165) is 26.2 Å². The van der Waals surface area contributed by atoms with E-state index in [1.807, 2.05) is 4.90 Å². The van der Waals surface area contributed by atoms with Crippen molar-refractivity contribution >= 4 is 36.4 Å². The summed E-state index contributed by atoms with van der Waals surface area (Å²) >= 11 is 0. The molecule has 120 valence electrons. The Morgan fingerprint density at radius 2 is 1.71 bits per heavy atom. The lowest BCUT2D eigenvalue weighted by atomic mass is 10.1. The van der Waals surface area contributed by atoms with Crippen LogP contribution in [-0.4, -0.2) is 43.0 Å². The van der Waals surface area contributed by atoms with Gasteiger partial charge in [0.2, 0.25) is 5.91 Å². The van der Waals surface area contributed by atoms with Gasteiger partial charge in [0, 0.05) is 31.9 Å². The maximum absolute atomic E-state index is 11.8. The Bertz CT molecular complexity index is 472. The molecule has 0 bridgehead atoms. The fourth-order valence-corrected chi connectivity index (χ4v) is 2.53. The number of piperazine rings is 1. The number of aryl methyl sites for hydroxylation is 1. The summed E-state index contributed by atoms with van der Waals surface area (Å²) in [6.07, 6.45) is 0. The first-order chi connectivity index (χ1) is 9.00. The van der Waals surface area contributed by atoms with Crippen LogP contribution >= 0.6 is 24.8 Å². The third-order valence-electron chi connectivity index (χ3n) is 3.90. The van der Waals surface area contributed by atoms with Crippen molar-refractivity contribution in [3.63, 3.8) is 0 Å². The van der Waals surface area contributed by atoms with Gasteiger partial charge in [0.05, 0.1) is 6.04 Å². The molecule has 0 saturated carbocycles. The summed E-state index contributed by atoms with van der Waals surface area (Å²) in [5.74, 6) is 0.0561. The summed E-state index contributed by atoms with van der Waals surface area (Å²) in [7, 11) is 0. The SMILES string of the molecule is Cc1cccc(N2CCN(C(=O)[C@H](C)N)CC2)c1C.Cl.Cl. The molecule has 21 heavy (non-hydrogen) atoms. The molecule has 2 N–H and O–H groups in total. The van der Waals surface area contributed by atoms with Crippen LogP contribution in [0.5, 0.6) is 0 Å². The van der Waals surface area contributed by atoms with Crippen LogP contribution in [0.2, 0.25) is 0 Å². The van der Waals surface area contributed by atoms with Crippen molar-refractivity contribution in [1.82, 2.24) is 4.90 Å². The zero-order valence-electron chi connectivity index (χ0n) is 12.8. The Hall–Kier alpha value is -0.970. The summed E-state index contributed by atoms with van der Waals surface area (Å²) in [6, 6.07) is 5.99. The highest BCUT2D eigenvalue weighted by molar-refractivity contribution is 5.85. The van der Waals surface area contributed by atoms with E-state index in [4.69, 9.17) is 5.73 Å². The van der Waals surface area contributed by atoms with Crippen molar-refractivity contribution in [2.75, 3.05) is 31.1 Å². The minimum absolute atomic E-state index is 0. The molecule has 6 heteroatoms. The van der Waals surface area contributed by atoms with E-state index in [1.165, 1.54) is 16.8 Å². The number of nitrogens with two attached hydrogens (primary N) is 1. The van der Waals surface area contributed by atoms with Crippen LogP contribution < -0.4 is 10.6 Å². The number of carbonyl (C=O) groups excluding carboxylic acids is 1. The number of rotatable bonds is 2. The van der Waals surface area contributed by atoms with Gasteiger partial charge in [0.15, 0.2) is 0 Å². The zero-order chi connectivity index (χ0) is 14.0. The van der Waals surface area contributed by atoms with Gasteiger partial charge in [-0.15, -0.1) is 24.8 Å². The third-order valence-corrected chi connectivity index (χ3v) is 3.90. The van der Waals surface area contributed by atoms with E-state index in [2.05, 4.69) is 36.9 Å². The molecule has 0 aromatic heterocycles. The Balaban J connectivity index is 0.00000200. The third kappa shape index (κ3) is 4.50. The van der Waals surface area contributed by atoms with E-state index >= 15 is 0 Å². The molecule has 1 atom stereocenters. The fourth-order valence-electron chi connectivity index (χ4n) is 2.53. The Labute approximate surface area is 139 Å². The molecular formula is C15H25Cl2N3O. The molecule has 0 spiro atoms. The van der Waals surface area contributed by atoms with Crippen LogP contribution in [0.25, 0.3) is 0 Å². The number of benzene rings is 1. The Morgan fingerprint density at radius 3 is 2.24 bits per heavy atom. The average molecular weight is 334 g/mol. The molecule has 2 rings (SSSR count). The number of hydrogen-bond donors (Lipinski definition) is 1. The number of nitrogens with zero attached hydrogens (tertiary/aromatic N) is 2. The first kappa shape index (κ1) is 20.0. The van der Waals surface area contributed by atoms with Crippen molar-refractivity contribution in [2.45, 2.75) is 26.8 Å². The second-order valence-electron chi connectivity index (χ2n) is 5.32. The van der Waals surface area contributed by atoms with Crippen molar-refractivity contribution < 1.29 is 4.79 Å². The Kier molecular flexibility index (Phi) is 8.08. The van der Waals surface area contributed by atoms with Gasteiger partial charge in [-0.05, 0) is 38.0 Å². The van der Waals surface area contributed by atoms with Crippen LogP contribution in [0.1, 0.15) is 18.1 Å². The second kappa shape index (κ2) is 8.47. The molecular weight excluding hydrogens is 309 g/mol. The maximum Gasteiger partial charge on any atom is 0.239 e. The second-order valence-corrected chi connectivity index (χ2v) is 5.32. The molecule has 1 aliphatic rings. The average Bonchev–Trinajstić information content (AvgIpc) is 2.41. The van der Waals surface area contributed by atoms with E-state index in [9.17, 15) is 4.79 Å². The smallest absolute Gasteiger partial charge is 0.239 e. The van der Waals surface area contributed by atoms with Crippen molar-refractivity contribution in [1.29, 1.82) is 0 Å². The van der Waals surface area contributed by atoms with Crippen LogP contribution in [-0.2, 0) is 4.79 Å². The molecule has 1 aromatic carbocycles. The maximum atomic E-state index is 11.8. The molecule has 1 aromatic rings. The summed E-state index contributed by atoms with van der Waals surface area (Å²) in [6.45, 7) is 9.31. The van der Waals surface area contributed by atoms with E-state index in [0.29, 0.717) is 0 Å². The van der Waals surface area contributed by atoms with Gasteiger partial charge in [-0.3, -0.25) is 4.79 Å². The number of amides is 1. The molecule has 4 nitrogen and oxygen atoms in total. The molecule has 1 amide bonds. The standard InChI is InChI=1S/C15H23N3O.2ClH/c1-11-5-4-6-14(12(11)2)17-7-9-18(10-8-17)15(19)13(3)16;;/h4-6,13H,7-10,16H2,1-3H3;2*1H/t13-;;/m0../s1. The molecule has 0 radical (unpaired) electrons. The quantitative estimate of drug-likeness (QED) is 0.902. The molecule has 1 fully saturated rings. The molecule has 1 aliphatic heterocycles. The largest absolute Gasteiger partial charge is 0.368 e. The summed E-state index contributed by atoms with van der Waals surface area (Å²) in [4.78, 5) is 16.1. The highest BCUT2D eigenvalue weighted by Crippen LogP contribution is 2.23. The first-order valence-electron chi connectivity index (χ1n) is 6.86. The van der Waals surface area contributed by atoms with E-state index < -0.39 is 6.04 Å². The fraction of sp³-hybridized carbons (Fsp3) is 0.533. The van der Waals surface area contributed by atoms with Gasteiger partial charge in [-0.25, -0.2) is 0 Å². The van der Waals surface area contributed by atoms with Gasteiger partial charge in [-0.1, -0.05) is 12.1 Å². The van der Waals surface area contributed by atoms with Crippen LogP contribution in [0, 0.1) is 13.8 Å². The highest BCUT2D eigenvalue weighted by atomic mass is 35.5. The van der Waals surface area contributed by atoms with Gasteiger partial charge < -0.3 is 15.5 Å². The normalized spacial score (nSPS) is 15.8. The topological polar surface area (TPSA) is 49.6 Å². The summed E-state index contributed by atoms with van der Waals surface area (Å²) < 4.78 is 0. The number of halogens is 2. The lowest BCUT2D eigenvalue weighted by Gasteiger charge is -2.37. The monoisotopic (exact) mass is 333 g/mol. The van der Waals surface area contributed by atoms with Crippen molar-refractivity contribution in [2.24, 2.45) is 5.73 Å². The minimum atomic E-state index is -0.396. The van der Waals surface area contributed by atoms with Gasteiger partial charge in [0.1, 0.15) is 0 Å². The van der Waals surface area contributed by atoms with Gasteiger partial charge in [-0.2, -0.15) is 0 Å². The van der Waals surface area contributed by atoms with Gasteiger partial charge >= 0.3 is 0 Å². The minimum Gasteiger partial charge on any atom is -0.368 e. The van der Waals surface area contributed by atoms with E-state index in [1.54, 1.807) is 6.92 Å². The first-order valence-corrected chi connectivity index (χ1v) is 6.86. The highest BCUT2D eigenvalue weighted by Gasteiger charge is 2.23. The van der Waals surface area contributed by atoms with Crippen LogP contribution in [0.4, 0.5) is 5.69 Å². The lowest BCUT2D eigenvalue weighted by Crippen LogP contribution is -2.52. The zero-order valence-corrected chi connectivity index (χ0v) is 14.5. The molecule has 0 unspecified atom stereocenters. The number of anilines is 1. The van der Waals surface area contributed by atoms with Crippen molar-refractivity contribution in [3.8, 4) is 0 Å². The molecule has 1 saturated heterocycles. The predicted octanol–water partition coefficient (Wildman–Crippen LogP) is 2.14. The van der Waals surface area contributed by atoms with Crippen molar-refractivity contribution in [3.05, 3.63) is 29.3 Å². The Morgan fingerprint density at radius 1 is 1.14 bits per heavy atom. The molecule has 1 heterocycles.